The molecule has 0 N–H and O–H groups in total. The molecule has 11 rings (SSSR count). The van der Waals surface area contributed by atoms with Gasteiger partial charge < -0.3 is 4.90 Å². The van der Waals surface area contributed by atoms with Gasteiger partial charge in [-0.25, -0.2) is 0 Å². The first kappa shape index (κ1) is 32.0. The molecule has 1 aromatic heterocycles. The van der Waals surface area contributed by atoms with Crippen LogP contribution in [0, 0.1) is 0 Å². The maximum Gasteiger partial charge on any atom is 0.0465 e. The molecular formula is C53H37NS. The van der Waals surface area contributed by atoms with E-state index in [2.05, 4.69) is 207 Å². The lowest BCUT2D eigenvalue weighted by atomic mass is 9.80. The Kier molecular flexibility index (Phi) is 7.14. The van der Waals surface area contributed by atoms with Crippen LogP contribution in [0.25, 0.3) is 75.1 Å². The van der Waals surface area contributed by atoms with Gasteiger partial charge in [0.05, 0.1) is 0 Å². The van der Waals surface area contributed by atoms with Crippen molar-refractivity contribution in [3.63, 3.8) is 0 Å². The number of nitrogens with zero attached hydrogens (tertiary/aromatic N) is 1. The molecule has 0 radical (unpaired) electrons. The highest BCUT2D eigenvalue weighted by Gasteiger charge is 2.36. The topological polar surface area (TPSA) is 3.24 Å². The summed E-state index contributed by atoms with van der Waals surface area (Å²) in [5, 5.41) is 7.78. The highest BCUT2D eigenvalue weighted by molar-refractivity contribution is 7.25. The smallest absolute Gasteiger partial charge is 0.0465 e. The van der Waals surface area contributed by atoms with Gasteiger partial charge in [0, 0.05) is 42.6 Å². The zero-order valence-corrected chi connectivity index (χ0v) is 31.6. The van der Waals surface area contributed by atoms with Crippen LogP contribution in [0.2, 0.25) is 0 Å². The van der Waals surface area contributed by atoms with Crippen molar-refractivity contribution in [2.24, 2.45) is 0 Å². The van der Waals surface area contributed by atoms with Crippen molar-refractivity contribution in [3.05, 3.63) is 199 Å². The number of hydrogen-bond donors (Lipinski definition) is 0. The third-order valence-corrected chi connectivity index (χ3v) is 13.0. The van der Waals surface area contributed by atoms with Crippen LogP contribution in [0.4, 0.5) is 17.1 Å². The van der Waals surface area contributed by atoms with Crippen LogP contribution < -0.4 is 4.90 Å². The van der Waals surface area contributed by atoms with Crippen molar-refractivity contribution in [2.45, 2.75) is 19.3 Å². The van der Waals surface area contributed by atoms with E-state index < -0.39 is 0 Å². The summed E-state index contributed by atoms with van der Waals surface area (Å²) in [7, 11) is 0. The maximum atomic E-state index is 2.48. The van der Waals surface area contributed by atoms with Gasteiger partial charge in [-0.05, 0) is 127 Å². The maximum absolute atomic E-state index is 2.48. The van der Waals surface area contributed by atoms with Gasteiger partial charge in [-0.2, -0.15) is 0 Å². The van der Waals surface area contributed by atoms with Crippen molar-refractivity contribution < 1.29 is 0 Å². The van der Waals surface area contributed by atoms with Crippen molar-refractivity contribution >= 4 is 70.1 Å². The zero-order valence-electron chi connectivity index (χ0n) is 30.8. The average molecular weight is 720 g/mol. The number of para-hydroxylation sites is 2. The highest BCUT2D eigenvalue weighted by Crippen LogP contribution is 2.53. The SMILES string of the molecule is CC1(C)c2cc(-c3c4ccccc4c(-c4ccc5sc6ccccc6c5c4)c4ccccc34)ccc2-c2ccc(N(c3ccccc3)c3ccccc3)cc21. The summed E-state index contributed by atoms with van der Waals surface area (Å²) in [6, 6.07) is 69.5. The Balaban J connectivity index is 1.08. The molecule has 0 saturated heterocycles. The monoisotopic (exact) mass is 719 g/mol. The van der Waals surface area contributed by atoms with E-state index in [-0.39, 0.29) is 5.41 Å². The van der Waals surface area contributed by atoms with Crippen LogP contribution >= 0.6 is 11.3 Å². The van der Waals surface area contributed by atoms with Crippen LogP contribution in [0.15, 0.2) is 188 Å². The van der Waals surface area contributed by atoms with E-state index in [0.717, 1.165) is 11.4 Å². The third kappa shape index (κ3) is 4.92. The van der Waals surface area contributed by atoms with Crippen LogP contribution in [-0.2, 0) is 5.41 Å². The number of thiophene rings is 1. The van der Waals surface area contributed by atoms with E-state index in [4.69, 9.17) is 0 Å². The Morgan fingerprint density at radius 3 is 1.42 bits per heavy atom. The molecule has 9 aromatic carbocycles. The van der Waals surface area contributed by atoms with E-state index in [0.29, 0.717) is 0 Å². The van der Waals surface area contributed by atoms with E-state index in [9.17, 15) is 0 Å². The largest absolute Gasteiger partial charge is 0.310 e. The summed E-state index contributed by atoms with van der Waals surface area (Å²) in [5.41, 5.74) is 13.8. The Labute approximate surface area is 325 Å². The van der Waals surface area contributed by atoms with E-state index in [1.165, 1.54) is 91.9 Å². The number of rotatable bonds is 5. The first-order valence-electron chi connectivity index (χ1n) is 19.1. The molecule has 55 heavy (non-hydrogen) atoms. The molecule has 0 spiro atoms. The Morgan fingerprint density at radius 2 is 0.818 bits per heavy atom. The highest BCUT2D eigenvalue weighted by atomic mass is 32.1. The molecule has 1 heterocycles. The zero-order chi connectivity index (χ0) is 36.7. The molecule has 1 aliphatic rings. The van der Waals surface area contributed by atoms with Crippen molar-refractivity contribution in [1.82, 2.24) is 0 Å². The second-order valence-electron chi connectivity index (χ2n) is 15.3. The van der Waals surface area contributed by atoms with Crippen LogP contribution in [0.3, 0.4) is 0 Å². The summed E-state index contributed by atoms with van der Waals surface area (Å²) in [5.74, 6) is 0. The molecule has 10 aromatic rings. The van der Waals surface area contributed by atoms with E-state index in [1.807, 2.05) is 11.3 Å². The summed E-state index contributed by atoms with van der Waals surface area (Å²) in [6.07, 6.45) is 0. The van der Waals surface area contributed by atoms with Gasteiger partial charge in [-0.3, -0.25) is 0 Å². The Morgan fingerprint density at radius 1 is 0.364 bits per heavy atom. The Bertz CT molecular complexity index is 3020. The minimum atomic E-state index is -0.194. The first-order chi connectivity index (χ1) is 27.0. The molecule has 1 nitrogen and oxygen atoms in total. The third-order valence-electron chi connectivity index (χ3n) is 11.8. The molecule has 0 amide bonds. The van der Waals surface area contributed by atoms with Crippen LogP contribution in [-0.4, -0.2) is 0 Å². The van der Waals surface area contributed by atoms with Gasteiger partial charge in [-0.1, -0.05) is 141 Å². The predicted octanol–water partition coefficient (Wildman–Crippen LogP) is 15.5. The summed E-state index contributed by atoms with van der Waals surface area (Å²) in [6.45, 7) is 4.79. The molecule has 0 unspecified atom stereocenters. The molecule has 0 aliphatic heterocycles. The normalized spacial score (nSPS) is 13.1. The lowest BCUT2D eigenvalue weighted by Crippen LogP contribution is -2.16. The summed E-state index contributed by atoms with van der Waals surface area (Å²) < 4.78 is 2.67. The lowest BCUT2D eigenvalue weighted by molar-refractivity contribution is 0.660. The van der Waals surface area contributed by atoms with Gasteiger partial charge in [0.15, 0.2) is 0 Å². The van der Waals surface area contributed by atoms with Gasteiger partial charge in [0.1, 0.15) is 0 Å². The number of fused-ring (bicyclic) bond motifs is 8. The predicted molar refractivity (Wildman–Crippen MR) is 237 cm³/mol. The summed E-state index contributed by atoms with van der Waals surface area (Å²) >= 11 is 1.87. The average Bonchev–Trinajstić information content (AvgIpc) is 3.71. The van der Waals surface area contributed by atoms with E-state index in [1.54, 1.807) is 0 Å². The fourth-order valence-electron chi connectivity index (χ4n) is 9.25. The molecule has 0 bridgehead atoms. The Hall–Kier alpha value is -6.48. The minimum absolute atomic E-state index is 0.194. The number of benzene rings is 9. The van der Waals surface area contributed by atoms with Crippen LogP contribution in [0.1, 0.15) is 25.0 Å². The number of hydrogen-bond acceptors (Lipinski definition) is 2. The molecular weight excluding hydrogens is 683 g/mol. The summed E-state index contributed by atoms with van der Waals surface area (Å²) in [4.78, 5) is 2.36. The van der Waals surface area contributed by atoms with Gasteiger partial charge in [0.25, 0.3) is 0 Å². The second kappa shape index (κ2) is 12.3. The molecule has 0 atom stereocenters. The van der Waals surface area contributed by atoms with Gasteiger partial charge in [-0.15, -0.1) is 11.3 Å². The molecule has 0 saturated carbocycles. The quantitative estimate of drug-likeness (QED) is 0.160. The van der Waals surface area contributed by atoms with Gasteiger partial charge in [0.2, 0.25) is 0 Å². The van der Waals surface area contributed by atoms with Gasteiger partial charge >= 0.3 is 0 Å². The minimum Gasteiger partial charge on any atom is -0.310 e. The second-order valence-corrected chi connectivity index (χ2v) is 16.4. The fourth-order valence-corrected chi connectivity index (χ4v) is 10.3. The van der Waals surface area contributed by atoms with Crippen LogP contribution in [0.5, 0.6) is 0 Å². The van der Waals surface area contributed by atoms with E-state index >= 15 is 0 Å². The lowest BCUT2D eigenvalue weighted by Gasteiger charge is -2.28. The standard InChI is InChI=1S/C53H37NS/c1-53(2)47-32-35(25-28-39(47)40-29-27-38(33-48(40)53)54(36-15-5-3-6-16-36)37-17-7-4-8-18-37)52-44-22-11-9-20-42(44)51(43-21-10-12-23-45(43)52)34-26-30-50-46(31-34)41-19-13-14-24-49(41)55-50/h3-33H,1-2H3. The first-order valence-corrected chi connectivity index (χ1v) is 19.9. The molecule has 260 valence electrons. The van der Waals surface area contributed by atoms with Crippen molar-refractivity contribution in [2.75, 3.05) is 4.90 Å². The molecule has 2 heteroatoms. The molecule has 0 fully saturated rings. The number of anilines is 3. The molecule has 1 aliphatic carbocycles. The van der Waals surface area contributed by atoms with Crippen molar-refractivity contribution in [1.29, 1.82) is 0 Å². The van der Waals surface area contributed by atoms with Crippen molar-refractivity contribution in [3.8, 4) is 33.4 Å². The fraction of sp³-hybridized carbons (Fsp3) is 0.0566.